The van der Waals surface area contributed by atoms with Gasteiger partial charge in [-0.25, -0.2) is 4.79 Å². The number of hydrogen-bond donors (Lipinski definition) is 1. The van der Waals surface area contributed by atoms with Crippen LogP contribution in [0.25, 0.3) is 0 Å². The number of hydrogen-bond acceptors (Lipinski definition) is 5. The van der Waals surface area contributed by atoms with Crippen molar-refractivity contribution in [1.29, 1.82) is 0 Å². The zero-order chi connectivity index (χ0) is 14.8. The van der Waals surface area contributed by atoms with Crippen LogP contribution in [0.5, 0.6) is 0 Å². The minimum atomic E-state index is -0.972. The maximum absolute atomic E-state index is 11.3. The van der Waals surface area contributed by atoms with Crippen molar-refractivity contribution in [1.82, 2.24) is 0 Å². The Hall–Kier alpha value is -1.43. The van der Waals surface area contributed by atoms with Crippen molar-refractivity contribution < 1.29 is 29.0 Å². The zero-order valence-electron chi connectivity index (χ0n) is 11.6. The van der Waals surface area contributed by atoms with E-state index in [1.54, 1.807) is 0 Å². The lowest BCUT2D eigenvalue weighted by molar-refractivity contribution is -0.163. The molecule has 0 bridgehead atoms. The van der Waals surface area contributed by atoms with Crippen LogP contribution in [0.3, 0.4) is 0 Å². The summed E-state index contributed by atoms with van der Waals surface area (Å²) in [4.78, 5) is 32.8. The van der Waals surface area contributed by atoms with Crippen LogP contribution in [-0.2, 0) is 23.9 Å². The van der Waals surface area contributed by atoms with Crippen molar-refractivity contribution in [2.45, 2.75) is 51.4 Å². The molecule has 1 aliphatic rings. The van der Waals surface area contributed by atoms with E-state index in [-0.39, 0.29) is 25.9 Å². The number of ether oxygens (including phenoxy) is 2. The quantitative estimate of drug-likeness (QED) is 0.541. The minimum Gasteiger partial charge on any atom is -0.481 e. The maximum atomic E-state index is 11.3. The molecule has 0 amide bonds. The molecule has 0 saturated heterocycles. The van der Waals surface area contributed by atoms with Crippen molar-refractivity contribution in [3.8, 4) is 0 Å². The molecule has 1 fully saturated rings. The molecule has 20 heavy (non-hydrogen) atoms. The second-order valence-electron chi connectivity index (χ2n) is 5.11. The Bertz CT molecular complexity index is 333. The second-order valence-corrected chi connectivity index (χ2v) is 5.11. The number of aliphatic carboxylic acids is 1. The molecule has 1 rings (SSSR count). The van der Waals surface area contributed by atoms with Crippen LogP contribution in [0.1, 0.15) is 51.4 Å². The highest BCUT2D eigenvalue weighted by Gasteiger charge is 2.15. The third kappa shape index (κ3) is 7.89. The Balaban J connectivity index is 2.04. The smallest absolute Gasteiger partial charge is 0.339 e. The Morgan fingerprint density at radius 2 is 1.70 bits per heavy atom. The SMILES string of the molecule is O=C(O)CCCC(=O)OC(=O)COCC1CCCCC1. The number of carbonyl (C=O) groups excluding carboxylic acids is 2. The van der Waals surface area contributed by atoms with E-state index in [1.165, 1.54) is 19.3 Å². The first-order chi connectivity index (χ1) is 9.58. The highest BCUT2D eigenvalue weighted by Crippen LogP contribution is 2.23. The van der Waals surface area contributed by atoms with E-state index >= 15 is 0 Å². The van der Waals surface area contributed by atoms with Gasteiger partial charge in [-0.2, -0.15) is 0 Å². The first-order valence-electron chi connectivity index (χ1n) is 7.11. The van der Waals surface area contributed by atoms with E-state index in [2.05, 4.69) is 4.74 Å². The highest BCUT2D eigenvalue weighted by atomic mass is 16.6. The summed E-state index contributed by atoms with van der Waals surface area (Å²) in [5, 5.41) is 8.41. The van der Waals surface area contributed by atoms with E-state index in [4.69, 9.17) is 9.84 Å². The van der Waals surface area contributed by atoms with E-state index < -0.39 is 17.9 Å². The summed E-state index contributed by atoms with van der Waals surface area (Å²) in [5.41, 5.74) is 0. The molecule has 0 spiro atoms. The first-order valence-corrected chi connectivity index (χ1v) is 7.11. The second kappa shape index (κ2) is 9.47. The van der Waals surface area contributed by atoms with Gasteiger partial charge in [0.1, 0.15) is 6.61 Å². The molecule has 0 unspecified atom stereocenters. The molecule has 1 aliphatic carbocycles. The van der Waals surface area contributed by atoms with Crippen LogP contribution in [0.2, 0.25) is 0 Å². The molecule has 0 aromatic rings. The number of rotatable bonds is 8. The molecule has 0 aliphatic heterocycles. The van der Waals surface area contributed by atoms with Gasteiger partial charge in [0.15, 0.2) is 0 Å². The monoisotopic (exact) mass is 286 g/mol. The fourth-order valence-corrected chi connectivity index (χ4v) is 2.25. The van der Waals surface area contributed by atoms with Crippen molar-refractivity contribution in [2.75, 3.05) is 13.2 Å². The summed E-state index contributed by atoms with van der Waals surface area (Å²) in [6.45, 7) is 0.309. The summed E-state index contributed by atoms with van der Waals surface area (Å²) in [5.74, 6) is -1.87. The van der Waals surface area contributed by atoms with Gasteiger partial charge in [0.25, 0.3) is 0 Å². The van der Waals surface area contributed by atoms with E-state index in [0.29, 0.717) is 12.5 Å². The van der Waals surface area contributed by atoms with Gasteiger partial charge < -0.3 is 14.6 Å². The third-order valence-corrected chi connectivity index (χ3v) is 3.30. The average molecular weight is 286 g/mol. The van der Waals surface area contributed by atoms with Crippen molar-refractivity contribution >= 4 is 17.9 Å². The summed E-state index contributed by atoms with van der Waals surface area (Å²) in [7, 11) is 0. The van der Waals surface area contributed by atoms with Crippen LogP contribution >= 0.6 is 0 Å². The summed E-state index contributed by atoms with van der Waals surface area (Å²) >= 11 is 0. The molecule has 0 aromatic carbocycles. The van der Waals surface area contributed by atoms with Crippen LogP contribution in [-0.4, -0.2) is 36.2 Å². The Labute approximate surface area is 118 Å². The fourth-order valence-electron chi connectivity index (χ4n) is 2.25. The van der Waals surface area contributed by atoms with Crippen LogP contribution in [0.4, 0.5) is 0 Å². The number of carbonyl (C=O) groups is 3. The Kier molecular flexibility index (Phi) is 7.87. The zero-order valence-corrected chi connectivity index (χ0v) is 11.6. The van der Waals surface area contributed by atoms with E-state index in [1.807, 2.05) is 0 Å². The van der Waals surface area contributed by atoms with Crippen molar-refractivity contribution in [3.05, 3.63) is 0 Å². The van der Waals surface area contributed by atoms with Crippen molar-refractivity contribution in [3.63, 3.8) is 0 Å². The number of esters is 2. The molecular formula is C14H22O6. The Morgan fingerprint density at radius 1 is 1.00 bits per heavy atom. The molecule has 0 atom stereocenters. The predicted molar refractivity (Wildman–Crippen MR) is 70.0 cm³/mol. The van der Waals surface area contributed by atoms with Gasteiger partial charge in [0.05, 0.1) is 6.61 Å². The van der Waals surface area contributed by atoms with E-state index in [9.17, 15) is 14.4 Å². The molecule has 0 heterocycles. The topological polar surface area (TPSA) is 89.9 Å². The Morgan fingerprint density at radius 3 is 2.35 bits per heavy atom. The lowest BCUT2D eigenvalue weighted by Crippen LogP contribution is -2.20. The van der Waals surface area contributed by atoms with Gasteiger partial charge in [0.2, 0.25) is 0 Å². The number of carboxylic acid groups (broad SMARTS) is 1. The maximum Gasteiger partial charge on any atom is 0.339 e. The minimum absolute atomic E-state index is 0.0688. The predicted octanol–water partition coefficient (Wildman–Crippen LogP) is 1.91. The molecule has 0 aromatic heterocycles. The summed E-state index contributed by atoms with van der Waals surface area (Å²) in [6.07, 6.45) is 5.93. The molecule has 6 heteroatoms. The molecular weight excluding hydrogens is 264 g/mol. The fraction of sp³-hybridized carbons (Fsp3) is 0.786. The lowest BCUT2D eigenvalue weighted by atomic mass is 9.90. The van der Waals surface area contributed by atoms with Gasteiger partial charge in [-0.1, -0.05) is 19.3 Å². The van der Waals surface area contributed by atoms with Crippen LogP contribution in [0, 0.1) is 5.92 Å². The first kappa shape index (κ1) is 16.6. The normalized spacial score (nSPS) is 15.8. The highest BCUT2D eigenvalue weighted by molar-refractivity contribution is 5.86. The third-order valence-electron chi connectivity index (χ3n) is 3.30. The van der Waals surface area contributed by atoms with Gasteiger partial charge in [-0.05, 0) is 25.2 Å². The number of carboxylic acids is 1. The standard InChI is InChI=1S/C14H22O6/c15-12(16)7-4-8-13(17)20-14(18)10-19-9-11-5-2-1-3-6-11/h11H,1-10H2,(H,15,16). The van der Waals surface area contributed by atoms with Gasteiger partial charge in [0, 0.05) is 12.8 Å². The van der Waals surface area contributed by atoms with Gasteiger partial charge in [-0.3, -0.25) is 9.59 Å². The van der Waals surface area contributed by atoms with Gasteiger partial charge in [-0.15, -0.1) is 0 Å². The van der Waals surface area contributed by atoms with Crippen molar-refractivity contribution in [2.24, 2.45) is 5.92 Å². The largest absolute Gasteiger partial charge is 0.481 e. The molecule has 0 radical (unpaired) electrons. The van der Waals surface area contributed by atoms with E-state index in [0.717, 1.165) is 12.8 Å². The van der Waals surface area contributed by atoms with Gasteiger partial charge >= 0.3 is 17.9 Å². The molecule has 114 valence electrons. The van der Waals surface area contributed by atoms with Crippen LogP contribution < -0.4 is 0 Å². The molecule has 6 nitrogen and oxygen atoms in total. The molecule has 1 N–H and O–H groups in total. The lowest BCUT2D eigenvalue weighted by Gasteiger charge is -2.20. The average Bonchev–Trinajstić information content (AvgIpc) is 2.39. The van der Waals surface area contributed by atoms with Crippen LogP contribution in [0.15, 0.2) is 0 Å². The summed E-state index contributed by atoms with van der Waals surface area (Å²) < 4.78 is 9.78. The summed E-state index contributed by atoms with van der Waals surface area (Å²) in [6, 6.07) is 0. The molecule has 1 saturated carbocycles.